The summed E-state index contributed by atoms with van der Waals surface area (Å²) in [5, 5.41) is 10.8. The molecule has 0 saturated heterocycles. The molecule has 1 amide bonds. The summed E-state index contributed by atoms with van der Waals surface area (Å²) in [5.74, 6) is 0.638. The Morgan fingerprint density at radius 1 is 1.41 bits per heavy atom. The first-order valence-electron chi connectivity index (χ1n) is 6.66. The van der Waals surface area contributed by atoms with Crippen molar-refractivity contribution in [1.82, 2.24) is 24.9 Å². The van der Waals surface area contributed by atoms with Crippen molar-refractivity contribution in [2.75, 3.05) is 5.75 Å². The van der Waals surface area contributed by atoms with Gasteiger partial charge in [0, 0.05) is 23.7 Å². The molecule has 0 aliphatic carbocycles. The molecule has 0 radical (unpaired) electrons. The summed E-state index contributed by atoms with van der Waals surface area (Å²) in [7, 11) is 0. The Bertz CT molecular complexity index is 820. The summed E-state index contributed by atoms with van der Waals surface area (Å²) in [6.07, 6.45) is 1.96. The van der Waals surface area contributed by atoms with E-state index in [2.05, 4.69) is 38.7 Å². The molecule has 9 heteroatoms. The normalized spacial score (nSPS) is 11.2. The minimum absolute atomic E-state index is 0.0925. The van der Waals surface area contributed by atoms with Crippen molar-refractivity contribution in [2.45, 2.75) is 32.5 Å². The SMILES string of the molecule is Cc1nnc(SCC(=O)NCc2cn3c(C)c(C)sc3n2)o1. The van der Waals surface area contributed by atoms with Gasteiger partial charge in [0.2, 0.25) is 11.8 Å². The molecule has 1 N–H and O–H groups in total. The van der Waals surface area contributed by atoms with E-state index >= 15 is 0 Å². The zero-order valence-electron chi connectivity index (χ0n) is 12.4. The highest BCUT2D eigenvalue weighted by Crippen LogP contribution is 2.21. The molecule has 3 rings (SSSR count). The van der Waals surface area contributed by atoms with Gasteiger partial charge in [0.25, 0.3) is 5.22 Å². The van der Waals surface area contributed by atoms with Crippen LogP contribution in [0, 0.1) is 20.8 Å². The first-order chi connectivity index (χ1) is 10.5. The summed E-state index contributed by atoms with van der Waals surface area (Å²) in [5.41, 5.74) is 2.04. The largest absolute Gasteiger partial charge is 0.416 e. The van der Waals surface area contributed by atoms with Gasteiger partial charge in [-0.2, -0.15) is 0 Å². The van der Waals surface area contributed by atoms with Crippen LogP contribution in [0.25, 0.3) is 4.96 Å². The van der Waals surface area contributed by atoms with Crippen LogP contribution in [-0.4, -0.2) is 31.2 Å². The maximum Gasteiger partial charge on any atom is 0.277 e. The van der Waals surface area contributed by atoms with E-state index < -0.39 is 0 Å². The minimum Gasteiger partial charge on any atom is -0.416 e. The third kappa shape index (κ3) is 3.14. The van der Waals surface area contributed by atoms with E-state index in [1.807, 2.05) is 6.20 Å². The van der Waals surface area contributed by atoms with Gasteiger partial charge < -0.3 is 9.73 Å². The molecular weight excluding hydrogens is 322 g/mol. The summed E-state index contributed by atoms with van der Waals surface area (Å²) < 4.78 is 7.25. The summed E-state index contributed by atoms with van der Waals surface area (Å²) >= 11 is 2.87. The fraction of sp³-hybridized carbons (Fsp3) is 0.385. The van der Waals surface area contributed by atoms with E-state index in [1.165, 1.54) is 22.3 Å². The topological polar surface area (TPSA) is 85.3 Å². The number of amides is 1. The molecule has 0 atom stereocenters. The third-order valence-electron chi connectivity index (χ3n) is 3.14. The third-order valence-corrected chi connectivity index (χ3v) is 5.03. The van der Waals surface area contributed by atoms with Gasteiger partial charge in [0.1, 0.15) is 0 Å². The van der Waals surface area contributed by atoms with Gasteiger partial charge >= 0.3 is 0 Å². The van der Waals surface area contributed by atoms with Crippen LogP contribution >= 0.6 is 23.1 Å². The Balaban J connectivity index is 1.53. The number of nitrogens with one attached hydrogen (secondary N) is 1. The molecule has 0 spiro atoms. The molecule has 3 heterocycles. The number of nitrogens with zero attached hydrogens (tertiary/aromatic N) is 4. The lowest BCUT2D eigenvalue weighted by atomic mass is 10.4. The summed E-state index contributed by atoms with van der Waals surface area (Å²) in [4.78, 5) is 18.5. The molecule has 0 unspecified atom stereocenters. The fourth-order valence-corrected chi connectivity index (χ4v) is 3.50. The van der Waals surface area contributed by atoms with Crippen molar-refractivity contribution in [1.29, 1.82) is 0 Å². The molecule has 0 aliphatic heterocycles. The fourth-order valence-electron chi connectivity index (χ4n) is 1.89. The zero-order chi connectivity index (χ0) is 15.7. The molecule has 3 aromatic heterocycles. The Morgan fingerprint density at radius 3 is 2.91 bits per heavy atom. The highest BCUT2D eigenvalue weighted by molar-refractivity contribution is 7.99. The van der Waals surface area contributed by atoms with E-state index in [1.54, 1.807) is 18.3 Å². The zero-order valence-corrected chi connectivity index (χ0v) is 14.0. The van der Waals surface area contributed by atoms with Crippen LogP contribution in [0.3, 0.4) is 0 Å². The molecule has 7 nitrogen and oxygen atoms in total. The molecule has 0 fully saturated rings. The Labute approximate surface area is 135 Å². The summed E-state index contributed by atoms with van der Waals surface area (Å²) in [6, 6.07) is 0. The predicted molar refractivity (Wildman–Crippen MR) is 84.1 cm³/mol. The Kier molecular flexibility index (Phi) is 4.16. The second kappa shape index (κ2) is 6.09. The number of rotatable bonds is 5. The first-order valence-corrected chi connectivity index (χ1v) is 8.46. The van der Waals surface area contributed by atoms with Gasteiger partial charge in [-0.15, -0.1) is 21.5 Å². The Morgan fingerprint density at radius 2 is 2.23 bits per heavy atom. The number of hydrogen-bond acceptors (Lipinski definition) is 7. The lowest BCUT2D eigenvalue weighted by molar-refractivity contribution is -0.118. The maximum absolute atomic E-state index is 11.8. The van der Waals surface area contributed by atoms with Gasteiger partial charge in [-0.3, -0.25) is 9.20 Å². The molecule has 0 bridgehead atoms. The maximum atomic E-state index is 11.8. The van der Waals surface area contributed by atoms with Crippen LogP contribution in [0.4, 0.5) is 0 Å². The molecule has 0 aromatic carbocycles. The van der Waals surface area contributed by atoms with Crippen LogP contribution in [0.1, 0.15) is 22.2 Å². The number of aryl methyl sites for hydroxylation is 3. The number of hydrogen-bond donors (Lipinski definition) is 1. The monoisotopic (exact) mass is 337 g/mol. The number of aromatic nitrogens is 4. The van der Waals surface area contributed by atoms with Crippen LogP contribution in [0.2, 0.25) is 0 Å². The Hall–Kier alpha value is -1.87. The van der Waals surface area contributed by atoms with Gasteiger partial charge in [-0.1, -0.05) is 11.8 Å². The van der Waals surface area contributed by atoms with E-state index in [9.17, 15) is 4.79 Å². The highest BCUT2D eigenvalue weighted by atomic mass is 32.2. The number of thioether (sulfide) groups is 1. The number of fused-ring (bicyclic) bond motifs is 1. The van der Waals surface area contributed by atoms with Crippen LogP contribution in [0.15, 0.2) is 15.8 Å². The van der Waals surface area contributed by atoms with E-state index in [4.69, 9.17) is 4.42 Å². The van der Waals surface area contributed by atoms with Crippen molar-refractivity contribution in [3.8, 4) is 0 Å². The second-order valence-corrected chi connectivity index (χ2v) is 6.89. The van der Waals surface area contributed by atoms with E-state index in [-0.39, 0.29) is 11.7 Å². The smallest absolute Gasteiger partial charge is 0.277 e. The molecule has 116 valence electrons. The minimum atomic E-state index is -0.0925. The van der Waals surface area contributed by atoms with Crippen molar-refractivity contribution in [3.05, 3.63) is 28.4 Å². The number of imidazole rings is 1. The molecule has 0 saturated carbocycles. The quantitative estimate of drug-likeness (QED) is 0.718. The van der Waals surface area contributed by atoms with Crippen LogP contribution in [-0.2, 0) is 11.3 Å². The average Bonchev–Trinajstić information content (AvgIpc) is 3.14. The number of thiazole rings is 1. The molecular formula is C13H15N5O2S2. The van der Waals surface area contributed by atoms with Crippen molar-refractivity contribution in [2.24, 2.45) is 0 Å². The lowest BCUT2D eigenvalue weighted by Crippen LogP contribution is -2.24. The summed E-state index contributed by atoms with van der Waals surface area (Å²) in [6.45, 7) is 6.26. The van der Waals surface area contributed by atoms with E-state index in [0.717, 1.165) is 10.7 Å². The van der Waals surface area contributed by atoms with Gasteiger partial charge in [-0.05, 0) is 13.8 Å². The van der Waals surface area contributed by atoms with Gasteiger partial charge in [0.15, 0.2) is 4.96 Å². The van der Waals surface area contributed by atoms with Gasteiger partial charge in [-0.25, -0.2) is 4.98 Å². The van der Waals surface area contributed by atoms with Crippen LogP contribution < -0.4 is 5.32 Å². The highest BCUT2D eigenvalue weighted by Gasteiger charge is 2.11. The lowest BCUT2D eigenvalue weighted by Gasteiger charge is -2.01. The average molecular weight is 337 g/mol. The predicted octanol–water partition coefficient (Wildman–Crippen LogP) is 2.11. The van der Waals surface area contributed by atoms with Crippen molar-refractivity contribution >= 4 is 34.0 Å². The molecule has 0 aliphatic rings. The van der Waals surface area contributed by atoms with Crippen LogP contribution in [0.5, 0.6) is 0 Å². The number of carbonyl (C=O) groups is 1. The van der Waals surface area contributed by atoms with Crippen molar-refractivity contribution < 1.29 is 9.21 Å². The molecule has 3 aromatic rings. The van der Waals surface area contributed by atoms with E-state index in [0.29, 0.717) is 17.7 Å². The number of carbonyl (C=O) groups excluding carboxylic acids is 1. The molecule has 22 heavy (non-hydrogen) atoms. The standard InChI is InChI=1S/C13H15N5O2S2/c1-7-8(2)22-12-15-10(5-18(7)12)4-14-11(19)6-21-13-17-16-9(3)20-13/h5H,4,6H2,1-3H3,(H,14,19). The first kappa shape index (κ1) is 15.0. The van der Waals surface area contributed by atoms with Crippen molar-refractivity contribution in [3.63, 3.8) is 0 Å². The van der Waals surface area contributed by atoms with Gasteiger partial charge in [0.05, 0.1) is 18.0 Å². The second-order valence-electron chi connectivity index (χ2n) is 4.78.